The molecule has 0 atom stereocenters. The first kappa shape index (κ1) is 22.9. The molecule has 30 heavy (non-hydrogen) atoms. The summed E-state index contributed by atoms with van der Waals surface area (Å²) in [6.45, 7) is 7.50. The first-order chi connectivity index (χ1) is 14.2. The molecule has 0 radical (unpaired) electrons. The summed E-state index contributed by atoms with van der Waals surface area (Å²) in [5.41, 5.74) is 1.47. The smallest absolute Gasteiger partial charge is 0.410 e. The zero-order chi connectivity index (χ0) is 21.7. The van der Waals surface area contributed by atoms with E-state index in [1.165, 1.54) is 0 Å². The summed E-state index contributed by atoms with van der Waals surface area (Å²) in [6.07, 6.45) is 2.59. The number of likely N-dealkylation sites (tertiary alicyclic amines) is 1. The number of nitrogens with zero attached hydrogens (tertiary/aromatic N) is 2. The van der Waals surface area contributed by atoms with Gasteiger partial charge in [-0.15, -0.1) is 0 Å². The van der Waals surface area contributed by atoms with Crippen LogP contribution in [0.5, 0.6) is 5.75 Å². The van der Waals surface area contributed by atoms with Crippen molar-refractivity contribution in [3.05, 3.63) is 57.3 Å². The van der Waals surface area contributed by atoms with Crippen LogP contribution >= 0.6 is 27.5 Å². The van der Waals surface area contributed by atoms with Gasteiger partial charge in [0, 0.05) is 23.3 Å². The Morgan fingerprint density at radius 3 is 2.57 bits per heavy atom. The van der Waals surface area contributed by atoms with E-state index in [1.54, 1.807) is 4.90 Å². The third-order valence-corrected chi connectivity index (χ3v) is 5.69. The van der Waals surface area contributed by atoms with Gasteiger partial charge in [0.2, 0.25) is 0 Å². The second-order valence-electron chi connectivity index (χ2n) is 8.60. The van der Waals surface area contributed by atoms with E-state index in [2.05, 4.69) is 22.0 Å². The molecule has 0 saturated carbocycles. The molecule has 3 rings (SSSR count). The summed E-state index contributed by atoms with van der Waals surface area (Å²) in [5.74, 6) is 1.15. The van der Waals surface area contributed by atoms with Crippen LogP contribution in [0.4, 0.5) is 4.79 Å². The molecule has 2 aromatic rings. The van der Waals surface area contributed by atoms with Gasteiger partial charge in [0.25, 0.3) is 0 Å². The van der Waals surface area contributed by atoms with Crippen LogP contribution in [0.1, 0.15) is 45.0 Å². The number of ether oxygens (including phenoxy) is 2. The number of carbonyl (C=O) groups is 1. The van der Waals surface area contributed by atoms with Gasteiger partial charge in [-0.1, -0.05) is 33.6 Å². The molecule has 1 aliphatic rings. The Morgan fingerprint density at radius 2 is 1.90 bits per heavy atom. The van der Waals surface area contributed by atoms with Crippen LogP contribution in [0, 0.1) is 5.92 Å². The minimum absolute atomic E-state index is 0.218. The van der Waals surface area contributed by atoms with Gasteiger partial charge in [0.15, 0.2) is 0 Å². The highest BCUT2D eigenvalue weighted by atomic mass is 79.9. The molecule has 0 aliphatic carbocycles. The first-order valence-electron chi connectivity index (χ1n) is 10.2. The van der Waals surface area contributed by atoms with Crippen molar-refractivity contribution < 1.29 is 14.3 Å². The topological polar surface area (TPSA) is 51.7 Å². The van der Waals surface area contributed by atoms with Crippen molar-refractivity contribution in [2.45, 2.75) is 52.2 Å². The monoisotopic (exact) mass is 494 g/mol. The van der Waals surface area contributed by atoms with Crippen LogP contribution in [0.25, 0.3) is 0 Å². The van der Waals surface area contributed by atoms with Gasteiger partial charge in [0.05, 0.1) is 10.7 Å². The van der Waals surface area contributed by atoms with E-state index < -0.39 is 5.60 Å². The molecule has 0 unspecified atom stereocenters. The first-order valence-corrected chi connectivity index (χ1v) is 11.4. The average Bonchev–Trinajstić information content (AvgIpc) is 2.67. The van der Waals surface area contributed by atoms with Crippen LogP contribution < -0.4 is 4.74 Å². The highest BCUT2D eigenvalue weighted by Gasteiger charge is 2.27. The van der Waals surface area contributed by atoms with Gasteiger partial charge >= 0.3 is 6.09 Å². The second kappa shape index (κ2) is 10.0. The summed E-state index contributed by atoms with van der Waals surface area (Å²) < 4.78 is 12.2. The van der Waals surface area contributed by atoms with E-state index in [9.17, 15) is 4.79 Å². The quantitative estimate of drug-likeness (QED) is 0.491. The summed E-state index contributed by atoms with van der Waals surface area (Å²) >= 11 is 9.61. The molecule has 0 spiro atoms. The Bertz CT molecular complexity index is 877. The largest absolute Gasteiger partial charge is 0.486 e. The molecule has 0 N–H and O–H groups in total. The molecule has 1 amide bonds. The predicted molar refractivity (Wildman–Crippen MR) is 122 cm³/mol. The fourth-order valence-electron chi connectivity index (χ4n) is 3.41. The van der Waals surface area contributed by atoms with Gasteiger partial charge in [0.1, 0.15) is 18.0 Å². The summed E-state index contributed by atoms with van der Waals surface area (Å²) in [6, 6.07) is 11.6. The zero-order valence-corrected chi connectivity index (χ0v) is 20.0. The molecule has 1 fully saturated rings. The van der Waals surface area contributed by atoms with Crippen molar-refractivity contribution in [3.8, 4) is 5.75 Å². The van der Waals surface area contributed by atoms with Crippen molar-refractivity contribution in [2.75, 3.05) is 13.1 Å². The van der Waals surface area contributed by atoms with Gasteiger partial charge < -0.3 is 14.4 Å². The molecular weight excluding hydrogens is 468 g/mol. The Hall–Kier alpha value is -1.79. The van der Waals surface area contributed by atoms with Gasteiger partial charge in [-0.25, -0.2) is 4.79 Å². The fourth-order valence-corrected chi connectivity index (χ4v) is 4.14. The molecule has 5 nitrogen and oxygen atoms in total. The molecule has 1 aromatic heterocycles. The Morgan fingerprint density at radius 1 is 1.20 bits per heavy atom. The van der Waals surface area contributed by atoms with E-state index in [0.29, 0.717) is 23.3 Å². The minimum Gasteiger partial charge on any atom is -0.486 e. The minimum atomic E-state index is -0.458. The lowest BCUT2D eigenvalue weighted by Crippen LogP contribution is -2.42. The van der Waals surface area contributed by atoms with Crippen molar-refractivity contribution in [1.29, 1.82) is 0 Å². The average molecular weight is 496 g/mol. The highest BCUT2D eigenvalue weighted by molar-refractivity contribution is 9.10. The summed E-state index contributed by atoms with van der Waals surface area (Å²) in [4.78, 5) is 18.8. The standard InChI is InChI=1S/C23H28BrClN2O3/c1-23(2,3)30-22(28)27-11-9-16(10-12-27)13-18-5-4-6-19(26-18)15-29-21-8-7-17(24)14-20(21)25/h4-8,14,16H,9-13,15H2,1-3H3. The SMILES string of the molecule is CC(C)(C)OC(=O)N1CCC(Cc2cccc(COc3ccc(Br)cc3Cl)n2)CC1. The number of amides is 1. The Balaban J connectivity index is 1.50. The number of aromatic nitrogens is 1. The normalized spacial score (nSPS) is 15.2. The van der Waals surface area contributed by atoms with Crippen LogP contribution in [-0.4, -0.2) is 34.7 Å². The van der Waals surface area contributed by atoms with E-state index in [0.717, 1.165) is 48.2 Å². The van der Waals surface area contributed by atoms with Crippen molar-refractivity contribution in [1.82, 2.24) is 9.88 Å². The molecular formula is C23H28BrClN2O3. The highest BCUT2D eigenvalue weighted by Crippen LogP contribution is 2.28. The van der Waals surface area contributed by atoms with Crippen molar-refractivity contribution in [3.63, 3.8) is 0 Å². The number of pyridine rings is 1. The van der Waals surface area contributed by atoms with Crippen LogP contribution in [0.2, 0.25) is 5.02 Å². The second-order valence-corrected chi connectivity index (χ2v) is 9.92. The molecule has 162 valence electrons. The lowest BCUT2D eigenvalue weighted by Gasteiger charge is -2.33. The summed E-state index contributed by atoms with van der Waals surface area (Å²) in [7, 11) is 0. The number of carbonyl (C=O) groups excluding carboxylic acids is 1. The molecule has 1 aliphatic heterocycles. The third kappa shape index (κ3) is 6.88. The number of piperidine rings is 1. The number of rotatable bonds is 5. The van der Waals surface area contributed by atoms with Crippen LogP contribution in [0.3, 0.4) is 0 Å². The van der Waals surface area contributed by atoms with E-state index >= 15 is 0 Å². The van der Waals surface area contributed by atoms with Gasteiger partial charge in [-0.2, -0.15) is 0 Å². The molecule has 7 heteroatoms. The number of hydrogen-bond acceptors (Lipinski definition) is 4. The van der Waals surface area contributed by atoms with E-state index in [4.69, 9.17) is 26.1 Å². The fraction of sp³-hybridized carbons (Fsp3) is 0.478. The number of benzene rings is 1. The Labute approximate surface area is 191 Å². The lowest BCUT2D eigenvalue weighted by atomic mass is 9.92. The van der Waals surface area contributed by atoms with Gasteiger partial charge in [-0.05, 0) is 76.3 Å². The third-order valence-electron chi connectivity index (χ3n) is 4.90. The molecule has 0 bridgehead atoms. The maximum Gasteiger partial charge on any atom is 0.410 e. The maximum absolute atomic E-state index is 12.2. The lowest BCUT2D eigenvalue weighted by molar-refractivity contribution is 0.0184. The number of halogens is 2. The number of hydrogen-bond donors (Lipinski definition) is 0. The van der Waals surface area contributed by atoms with E-state index in [1.807, 2.05) is 51.1 Å². The van der Waals surface area contributed by atoms with Crippen LogP contribution in [0.15, 0.2) is 40.9 Å². The summed E-state index contributed by atoms with van der Waals surface area (Å²) in [5, 5.41) is 0.567. The zero-order valence-electron chi connectivity index (χ0n) is 17.7. The van der Waals surface area contributed by atoms with Crippen LogP contribution in [-0.2, 0) is 17.8 Å². The molecule has 1 aromatic carbocycles. The maximum atomic E-state index is 12.2. The van der Waals surface area contributed by atoms with Crippen molar-refractivity contribution >= 4 is 33.6 Å². The Kier molecular flexibility index (Phi) is 7.64. The van der Waals surface area contributed by atoms with Crippen molar-refractivity contribution in [2.24, 2.45) is 5.92 Å². The van der Waals surface area contributed by atoms with Gasteiger partial charge in [-0.3, -0.25) is 4.98 Å². The molecule has 1 saturated heterocycles. The predicted octanol–water partition coefficient (Wildman–Crippen LogP) is 6.27. The van der Waals surface area contributed by atoms with E-state index in [-0.39, 0.29) is 6.09 Å². The molecule has 2 heterocycles.